The van der Waals surface area contributed by atoms with Crippen molar-refractivity contribution in [3.8, 4) is 5.75 Å². The van der Waals surface area contributed by atoms with Gasteiger partial charge in [-0.15, -0.1) is 0 Å². The second kappa shape index (κ2) is 9.04. The van der Waals surface area contributed by atoms with Crippen molar-refractivity contribution < 1.29 is 9.53 Å². The number of aryl methyl sites for hydroxylation is 1. The van der Waals surface area contributed by atoms with Gasteiger partial charge in [0.05, 0.1) is 21.0 Å². The van der Waals surface area contributed by atoms with Gasteiger partial charge in [-0.25, -0.2) is 0 Å². The first-order valence-electron chi connectivity index (χ1n) is 8.66. The number of nitrogens with one attached hydrogen (secondary N) is 2. The van der Waals surface area contributed by atoms with E-state index >= 15 is 0 Å². The van der Waals surface area contributed by atoms with Crippen LogP contribution in [0.2, 0.25) is 5.02 Å². The van der Waals surface area contributed by atoms with Gasteiger partial charge in [0, 0.05) is 5.69 Å². The molecule has 0 spiro atoms. The number of benzene rings is 2. The molecule has 2 aromatic carbocycles. The number of carbonyl (C=O) groups is 1. The molecule has 0 aromatic heterocycles. The number of carbonyl (C=O) groups excluding carboxylic acids is 1. The Morgan fingerprint density at radius 1 is 1.30 bits per heavy atom. The average Bonchev–Trinajstić information content (AvgIpc) is 2.98. The number of hydrogen-bond acceptors (Lipinski definition) is 4. The van der Waals surface area contributed by atoms with E-state index in [9.17, 15) is 4.79 Å². The molecule has 0 saturated carbocycles. The highest BCUT2D eigenvalue weighted by atomic mass is 79.9. The summed E-state index contributed by atoms with van der Waals surface area (Å²) in [4.78, 5) is 12.9. The van der Waals surface area contributed by atoms with Crippen LogP contribution >= 0.6 is 39.3 Å². The van der Waals surface area contributed by atoms with Crippen LogP contribution < -0.4 is 15.4 Å². The lowest BCUT2D eigenvalue weighted by Gasteiger charge is -2.13. The molecule has 142 valence electrons. The summed E-state index contributed by atoms with van der Waals surface area (Å²) in [5.74, 6) is 0.503. The molecule has 4 nitrogen and oxygen atoms in total. The van der Waals surface area contributed by atoms with Crippen molar-refractivity contribution in [1.29, 1.82) is 0 Å². The minimum absolute atomic E-state index is 0.108. The van der Waals surface area contributed by atoms with Crippen LogP contribution in [0.3, 0.4) is 0 Å². The molecular weight excluding hydrogens is 448 g/mol. The van der Waals surface area contributed by atoms with Crippen LogP contribution in [0.15, 0.2) is 45.8 Å². The lowest BCUT2D eigenvalue weighted by atomic mass is 10.1. The van der Waals surface area contributed by atoms with Gasteiger partial charge in [0.25, 0.3) is 5.91 Å². The SMILES string of the molecule is CCOc1c(Cl)cc(/C=C2\S[C@H](Nc3ccc(CC)cc3)NC2=O)cc1Br. The summed E-state index contributed by atoms with van der Waals surface area (Å²) in [5, 5.41) is 6.77. The topological polar surface area (TPSA) is 50.4 Å². The van der Waals surface area contributed by atoms with Crippen molar-refractivity contribution >= 4 is 57.0 Å². The standard InChI is InChI=1S/C20H20BrClN2O2S/c1-3-12-5-7-14(8-6-12)23-20-24-19(25)17(27-20)11-13-9-15(21)18(26-4-2)16(22)10-13/h5-11,20,23H,3-4H2,1-2H3,(H,24,25)/b17-11-/t20-/m1/s1. The number of thioether (sulfide) groups is 1. The van der Waals surface area contributed by atoms with Crippen LogP contribution in [-0.2, 0) is 11.2 Å². The molecule has 7 heteroatoms. The normalized spacial score (nSPS) is 17.9. The highest BCUT2D eigenvalue weighted by molar-refractivity contribution is 9.10. The average molecular weight is 468 g/mol. The summed E-state index contributed by atoms with van der Waals surface area (Å²) in [6.45, 7) is 4.56. The molecule has 27 heavy (non-hydrogen) atoms. The maximum Gasteiger partial charge on any atom is 0.260 e. The highest BCUT2D eigenvalue weighted by Gasteiger charge is 2.27. The third kappa shape index (κ3) is 5.00. The lowest BCUT2D eigenvalue weighted by Crippen LogP contribution is -2.30. The van der Waals surface area contributed by atoms with Crippen molar-refractivity contribution in [3.05, 3.63) is 61.9 Å². The van der Waals surface area contributed by atoms with Gasteiger partial charge in [-0.1, -0.05) is 42.4 Å². The van der Waals surface area contributed by atoms with Crippen LogP contribution in [0.25, 0.3) is 6.08 Å². The van der Waals surface area contributed by atoms with Crippen molar-refractivity contribution in [3.63, 3.8) is 0 Å². The molecule has 2 N–H and O–H groups in total. The third-order valence-electron chi connectivity index (χ3n) is 4.00. The first kappa shape index (κ1) is 20.1. The molecule has 1 amide bonds. The Morgan fingerprint density at radius 3 is 2.67 bits per heavy atom. The smallest absolute Gasteiger partial charge is 0.260 e. The Balaban J connectivity index is 1.73. The van der Waals surface area contributed by atoms with Crippen molar-refractivity contribution in [2.24, 2.45) is 0 Å². The summed E-state index contributed by atoms with van der Waals surface area (Å²) in [7, 11) is 0. The van der Waals surface area contributed by atoms with Crippen molar-refractivity contribution in [1.82, 2.24) is 5.32 Å². The van der Waals surface area contributed by atoms with Gasteiger partial charge >= 0.3 is 0 Å². The van der Waals surface area contributed by atoms with Gasteiger partial charge in [0.15, 0.2) is 11.2 Å². The van der Waals surface area contributed by atoms with Gasteiger partial charge in [-0.2, -0.15) is 0 Å². The fourth-order valence-corrected chi connectivity index (χ4v) is 4.62. The second-order valence-electron chi connectivity index (χ2n) is 5.92. The fourth-order valence-electron chi connectivity index (χ4n) is 2.65. The van der Waals surface area contributed by atoms with Crippen molar-refractivity contribution in [2.75, 3.05) is 11.9 Å². The van der Waals surface area contributed by atoms with E-state index < -0.39 is 0 Å². The highest BCUT2D eigenvalue weighted by Crippen LogP contribution is 2.37. The molecule has 0 radical (unpaired) electrons. The largest absolute Gasteiger partial charge is 0.491 e. The molecule has 0 unspecified atom stereocenters. The van der Waals surface area contributed by atoms with E-state index in [0.29, 0.717) is 22.3 Å². The summed E-state index contributed by atoms with van der Waals surface area (Å²) < 4.78 is 6.28. The van der Waals surface area contributed by atoms with Crippen LogP contribution in [0.4, 0.5) is 5.69 Å². The van der Waals surface area contributed by atoms with Crippen LogP contribution in [0, 0.1) is 0 Å². The first-order valence-corrected chi connectivity index (χ1v) is 10.7. The van der Waals surface area contributed by atoms with Gasteiger partial charge in [0.1, 0.15) is 0 Å². The predicted molar refractivity (Wildman–Crippen MR) is 117 cm³/mol. The van der Waals surface area contributed by atoms with Gasteiger partial charge in [-0.05, 0) is 70.7 Å². The van der Waals surface area contributed by atoms with E-state index in [1.807, 2.05) is 31.2 Å². The molecule has 3 rings (SSSR count). The van der Waals surface area contributed by atoms with E-state index in [-0.39, 0.29) is 11.4 Å². The molecular formula is C20H20BrClN2O2S. The van der Waals surface area contributed by atoms with E-state index in [1.54, 1.807) is 6.07 Å². The number of ether oxygens (including phenoxy) is 1. The van der Waals surface area contributed by atoms with E-state index in [2.05, 4.69) is 45.6 Å². The van der Waals surface area contributed by atoms with Gasteiger partial charge < -0.3 is 15.4 Å². The minimum Gasteiger partial charge on any atom is -0.491 e. The second-order valence-corrected chi connectivity index (χ2v) is 8.33. The molecule has 1 fully saturated rings. The first-order chi connectivity index (χ1) is 13.0. The minimum atomic E-state index is -0.210. The Labute approximate surface area is 176 Å². The van der Waals surface area contributed by atoms with Crippen LogP contribution in [0.5, 0.6) is 5.75 Å². The Bertz CT molecular complexity index is 848. The van der Waals surface area contributed by atoms with Crippen LogP contribution in [0.1, 0.15) is 25.0 Å². The summed E-state index contributed by atoms with van der Waals surface area (Å²) >= 11 is 11.2. The number of anilines is 1. The van der Waals surface area contributed by atoms with E-state index in [1.165, 1.54) is 17.3 Å². The Kier molecular flexibility index (Phi) is 6.73. The predicted octanol–water partition coefficient (Wildman–Crippen LogP) is 5.66. The monoisotopic (exact) mass is 466 g/mol. The Hall–Kier alpha value is -1.63. The fraction of sp³-hybridized carbons (Fsp3) is 0.250. The zero-order chi connectivity index (χ0) is 19.4. The third-order valence-corrected chi connectivity index (χ3v) is 5.90. The summed E-state index contributed by atoms with van der Waals surface area (Å²) in [6, 6.07) is 11.9. The van der Waals surface area contributed by atoms with Gasteiger partial charge in [0.2, 0.25) is 0 Å². The zero-order valence-electron chi connectivity index (χ0n) is 15.0. The van der Waals surface area contributed by atoms with E-state index in [0.717, 1.165) is 22.1 Å². The molecule has 1 heterocycles. The quantitative estimate of drug-likeness (QED) is 0.538. The zero-order valence-corrected chi connectivity index (χ0v) is 18.2. The lowest BCUT2D eigenvalue weighted by molar-refractivity contribution is -0.116. The van der Waals surface area contributed by atoms with Gasteiger partial charge in [-0.3, -0.25) is 4.79 Å². The number of rotatable bonds is 6. The number of amides is 1. The van der Waals surface area contributed by atoms with E-state index in [4.69, 9.17) is 16.3 Å². The van der Waals surface area contributed by atoms with Crippen LogP contribution in [-0.4, -0.2) is 18.0 Å². The molecule has 2 aromatic rings. The molecule has 1 aliphatic heterocycles. The molecule has 1 aliphatic rings. The number of hydrogen-bond donors (Lipinski definition) is 2. The number of halogens is 2. The summed E-state index contributed by atoms with van der Waals surface area (Å²) in [5.41, 5.74) is 2.87. The maximum atomic E-state index is 12.3. The Morgan fingerprint density at radius 2 is 2.04 bits per heavy atom. The summed E-state index contributed by atoms with van der Waals surface area (Å²) in [6.07, 6.45) is 2.83. The maximum absolute atomic E-state index is 12.3. The van der Waals surface area contributed by atoms with Crippen molar-refractivity contribution in [2.45, 2.75) is 25.8 Å². The molecule has 1 saturated heterocycles. The molecule has 0 aliphatic carbocycles. The molecule has 1 atom stereocenters. The molecule has 0 bridgehead atoms.